The minimum absolute atomic E-state index is 0.0428. The van der Waals surface area contributed by atoms with Crippen molar-refractivity contribution in [2.45, 2.75) is 18.4 Å². The summed E-state index contributed by atoms with van der Waals surface area (Å²) in [6.45, 7) is 5.47. The van der Waals surface area contributed by atoms with Crippen LogP contribution in [0.25, 0.3) is 0 Å². The van der Waals surface area contributed by atoms with Gasteiger partial charge in [0.05, 0.1) is 12.0 Å². The van der Waals surface area contributed by atoms with Crippen molar-refractivity contribution in [3.63, 3.8) is 0 Å². The van der Waals surface area contributed by atoms with Gasteiger partial charge in [0.25, 0.3) is 0 Å². The highest BCUT2D eigenvalue weighted by Crippen LogP contribution is 2.46. The van der Waals surface area contributed by atoms with Crippen molar-refractivity contribution in [2.75, 3.05) is 13.7 Å². The standard InChI is InChI=1S/C12H15NO4S/c1-4-5-17-12(15)8-6-18-11-9(7(2)16-3)10(14)13(8)11/h4,6-7,9,11H,1,5H2,2-3H3/t7-,9+,11+/m1/s1. The van der Waals surface area contributed by atoms with Crippen LogP contribution in [-0.2, 0) is 19.1 Å². The molecule has 2 rings (SSSR count). The van der Waals surface area contributed by atoms with E-state index in [0.717, 1.165) is 0 Å². The van der Waals surface area contributed by atoms with Crippen molar-refractivity contribution >= 4 is 23.6 Å². The van der Waals surface area contributed by atoms with Crippen LogP contribution in [0.15, 0.2) is 23.8 Å². The highest BCUT2D eigenvalue weighted by Gasteiger charge is 2.55. The molecule has 0 N–H and O–H groups in total. The Hall–Kier alpha value is -1.27. The Bertz CT molecular complexity index is 420. The van der Waals surface area contributed by atoms with Crippen LogP contribution in [0, 0.1) is 5.92 Å². The molecule has 0 saturated carbocycles. The maximum atomic E-state index is 12.0. The van der Waals surface area contributed by atoms with Crippen molar-refractivity contribution < 1.29 is 19.1 Å². The van der Waals surface area contributed by atoms with Crippen LogP contribution in [0.5, 0.6) is 0 Å². The summed E-state index contributed by atoms with van der Waals surface area (Å²) in [4.78, 5) is 25.2. The topological polar surface area (TPSA) is 55.8 Å². The quantitative estimate of drug-likeness (QED) is 0.425. The largest absolute Gasteiger partial charge is 0.457 e. The highest BCUT2D eigenvalue weighted by molar-refractivity contribution is 8.03. The lowest BCUT2D eigenvalue weighted by atomic mass is 9.92. The third-order valence-corrected chi connectivity index (χ3v) is 4.22. The summed E-state index contributed by atoms with van der Waals surface area (Å²) in [5.41, 5.74) is 0.316. The minimum Gasteiger partial charge on any atom is -0.457 e. The molecule has 1 saturated heterocycles. The Morgan fingerprint density at radius 3 is 3.06 bits per heavy atom. The average molecular weight is 269 g/mol. The van der Waals surface area contributed by atoms with E-state index in [1.807, 2.05) is 6.92 Å². The van der Waals surface area contributed by atoms with Crippen molar-refractivity contribution in [1.29, 1.82) is 0 Å². The molecule has 3 atom stereocenters. The Balaban J connectivity index is 2.02. The lowest BCUT2D eigenvalue weighted by molar-refractivity contribution is -0.159. The number of rotatable bonds is 5. The number of fused-ring (bicyclic) bond motifs is 1. The van der Waals surface area contributed by atoms with Gasteiger partial charge in [0, 0.05) is 12.5 Å². The van der Waals surface area contributed by atoms with E-state index in [4.69, 9.17) is 9.47 Å². The molecule has 0 unspecified atom stereocenters. The Morgan fingerprint density at radius 2 is 2.44 bits per heavy atom. The van der Waals surface area contributed by atoms with Crippen molar-refractivity contribution in [1.82, 2.24) is 4.90 Å². The second-order valence-electron chi connectivity index (χ2n) is 4.09. The fourth-order valence-electron chi connectivity index (χ4n) is 2.01. The first-order valence-corrected chi connectivity index (χ1v) is 6.55. The van der Waals surface area contributed by atoms with E-state index in [1.54, 1.807) is 12.5 Å². The van der Waals surface area contributed by atoms with Gasteiger partial charge in [0.1, 0.15) is 17.7 Å². The molecule has 0 radical (unpaired) electrons. The maximum Gasteiger partial charge on any atom is 0.355 e. The van der Waals surface area contributed by atoms with E-state index in [1.165, 1.54) is 22.7 Å². The SMILES string of the molecule is C=CCOC(=O)C1=CS[C@H]2[C@@H]([C@@H](C)OC)C(=O)N12. The number of methoxy groups -OCH3 is 1. The number of hydrogen-bond donors (Lipinski definition) is 0. The van der Waals surface area contributed by atoms with Crippen molar-refractivity contribution in [3.05, 3.63) is 23.8 Å². The number of nitrogens with zero attached hydrogens (tertiary/aromatic N) is 1. The number of carbonyl (C=O) groups is 2. The number of ether oxygens (including phenoxy) is 2. The molecule has 2 aliphatic rings. The number of carbonyl (C=O) groups excluding carboxylic acids is 2. The van der Waals surface area contributed by atoms with Crippen LogP contribution in [0.1, 0.15) is 6.92 Å². The number of amides is 1. The van der Waals surface area contributed by atoms with Gasteiger partial charge in [-0.1, -0.05) is 12.7 Å². The van der Waals surface area contributed by atoms with E-state index < -0.39 is 5.97 Å². The van der Waals surface area contributed by atoms with Crippen molar-refractivity contribution in [3.8, 4) is 0 Å². The maximum absolute atomic E-state index is 12.0. The molecule has 6 heteroatoms. The predicted molar refractivity (Wildman–Crippen MR) is 67.4 cm³/mol. The minimum atomic E-state index is -0.484. The monoisotopic (exact) mass is 269 g/mol. The third kappa shape index (κ3) is 1.95. The lowest BCUT2D eigenvalue weighted by Crippen LogP contribution is -2.61. The summed E-state index contributed by atoms with van der Waals surface area (Å²) in [7, 11) is 1.58. The summed E-state index contributed by atoms with van der Waals surface area (Å²) in [5, 5.41) is 1.63. The molecule has 5 nitrogen and oxygen atoms in total. The van der Waals surface area contributed by atoms with Gasteiger partial charge < -0.3 is 9.47 Å². The van der Waals surface area contributed by atoms with Gasteiger partial charge in [-0.2, -0.15) is 0 Å². The van der Waals surface area contributed by atoms with Crippen LogP contribution >= 0.6 is 11.8 Å². The molecule has 0 aliphatic carbocycles. The lowest BCUT2D eigenvalue weighted by Gasteiger charge is -2.44. The summed E-state index contributed by atoms with van der Waals surface area (Å²) in [6.07, 6.45) is 1.34. The van der Waals surface area contributed by atoms with Crippen LogP contribution in [-0.4, -0.2) is 42.0 Å². The second kappa shape index (κ2) is 5.16. The molecule has 2 heterocycles. The summed E-state index contributed by atoms with van der Waals surface area (Å²) in [6, 6.07) is 0. The van der Waals surface area contributed by atoms with Crippen LogP contribution < -0.4 is 0 Å². The molecule has 0 bridgehead atoms. The molecule has 0 aromatic rings. The van der Waals surface area contributed by atoms with Crippen LogP contribution in [0.2, 0.25) is 0 Å². The first-order valence-electron chi connectivity index (χ1n) is 5.61. The predicted octanol–water partition coefficient (Wildman–Crippen LogP) is 1.12. The van der Waals surface area contributed by atoms with Gasteiger partial charge in [0.15, 0.2) is 0 Å². The van der Waals surface area contributed by atoms with E-state index in [-0.39, 0.29) is 29.9 Å². The molecular weight excluding hydrogens is 254 g/mol. The zero-order valence-electron chi connectivity index (χ0n) is 10.3. The Labute approximate surface area is 110 Å². The zero-order valence-corrected chi connectivity index (χ0v) is 11.1. The normalized spacial score (nSPS) is 27.1. The van der Waals surface area contributed by atoms with E-state index in [9.17, 15) is 9.59 Å². The first-order chi connectivity index (χ1) is 8.61. The molecule has 0 aromatic carbocycles. The summed E-state index contributed by atoms with van der Waals surface area (Å²) >= 11 is 1.45. The number of hydrogen-bond acceptors (Lipinski definition) is 5. The first kappa shape index (κ1) is 13.2. The van der Waals surface area contributed by atoms with E-state index in [2.05, 4.69) is 6.58 Å². The van der Waals surface area contributed by atoms with Gasteiger partial charge in [0.2, 0.25) is 5.91 Å². The Morgan fingerprint density at radius 1 is 1.72 bits per heavy atom. The molecular formula is C12H15NO4S. The fraction of sp³-hybridized carbons (Fsp3) is 0.500. The van der Waals surface area contributed by atoms with Gasteiger partial charge >= 0.3 is 5.97 Å². The summed E-state index contributed by atoms with van der Waals surface area (Å²) < 4.78 is 10.1. The van der Waals surface area contributed by atoms with Gasteiger partial charge in [-0.3, -0.25) is 9.69 Å². The zero-order chi connectivity index (χ0) is 13.3. The molecule has 1 amide bonds. The molecule has 1 fully saturated rings. The van der Waals surface area contributed by atoms with E-state index in [0.29, 0.717) is 5.70 Å². The van der Waals surface area contributed by atoms with Gasteiger partial charge in [-0.25, -0.2) is 4.79 Å². The van der Waals surface area contributed by atoms with Gasteiger partial charge in [-0.05, 0) is 6.92 Å². The van der Waals surface area contributed by atoms with E-state index >= 15 is 0 Å². The number of thioether (sulfide) groups is 1. The Kier molecular flexibility index (Phi) is 3.77. The van der Waals surface area contributed by atoms with Crippen LogP contribution in [0.4, 0.5) is 0 Å². The highest BCUT2D eigenvalue weighted by atomic mass is 32.2. The number of esters is 1. The summed E-state index contributed by atoms with van der Waals surface area (Å²) in [5.74, 6) is -0.760. The third-order valence-electron chi connectivity index (χ3n) is 3.08. The molecule has 0 spiro atoms. The average Bonchev–Trinajstić information content (AvgIpc) is 2.75. The van der Waals surface area contributed by atoms with Gasteiger partial charge in [-0.15, -0.1) is 11.8 Å². The smallest absolute Gasteiger partial charge is 0.355 e. The molecule has 98 valence electrons. The molecule has 0 aromatic heterocycles. The fourth-order valence-corrected chi connectivity index (χ4v) is 3.34. The molecule has 2 aliphatic heterocycles. The second-order valence-corrected chi connectivity index (χ2v) is 5.08. The number of β-lactam (4-membered cyclic amide) rings is 1. The van der Waals surface area contributed by atoms with Crippen LogP contribution in [0.3, 0.4) is 0 Å². The van der Waals surface area contributed by atoms with Crippen molar-refractivity contribution in [2.24, 2.45) is 5.92 Å². The molecule has 18 heavy (non-hydrogen) atoms.